The van der Waals surface area contributed by atoms with Crippen molar-refractivity contribution in [2.75, 3.05) is 18.1 Å². The molecule has 0 saturated heterocycles. The van der Waals surface area contributed by atoms with Crippen LogP contribution in [0.1, 0.15) is 16.7 Å². The third-order valence-corrected chi connectivity index (χ3v) is 4.03. The molecule has 0 saturated carbocycles. The zero-order chi connectivity index (χ0) is 15.0. The number of thiazole rings is 1. The minimum Gasteiger partial charge on any atom is -0.482 e. The van der Waals surface area contributed by atoms with Gasteiger partial charge in [0.05, 0.1) is 11.4 Å². The van der Waals surface area contributed by atoms with Crippen LogP contribution in [0.25, 0.3) is 11.3 Å². The van der Waals surface area contributed by atoms with E-state index in [1.54, 1.807) is 22.4 Å². The highest BCUT2D eigenvalue weighted by atomic mass is 32.1. The maximum absolute atomic E-state index is 11.8. The molecule has 1 aromatic heterocycles. The second-order valence-corrected chi connectivity index (χ2v) is 5.31. The number of aromatic nitrogens is 1. The summed E-state index contributed by atoms with van der Waals surface area (Å²) in [6, 6.07) is 5.39. The molecule has 3 rings (SSSR count). The van der Waals surface area contributed by atoms with Crippen LogP contribution in [0.3, 0.4) is 0 Å². The Balaban J connectivity index is 2.03. The number of carbonyl (C=O) groups excluding carboxylic acids is 1. The van der Waals surface area contributed by atoms with E-state index in [1.807, 2.05) is 13.0 Å². The minimum absolute atomic E-state index is 0.0417. The number of aromatic carboxylic acids is 1. The van der Waals surface area contributed by atoms with Crippen LogP contribution in [0.5, 0.6) is 5.75 Å². The number of benzene rings is 1. The molecule has 2 aromatic rings. The van der Waals surface area contributed by atoms with Gasteiger partial charge in [0.25, 0.3) is 5.91 Å². The Kier molecular flexibility index (Phi) is 3.34. The third kappa shape index (κ3) is 2.36. The van der Waals surface area contributed by atoms with Gasteiger partial charge in [0, 0.05) is 17.5 Å². The van der Waals surface area contributed by atoms with Gasteiger partial charge in [-0.25, -0.2) is 9.78 Å². The molecule has 0 spiro atoms. The zero-order valence-electron chi connectivity index (χ0n) is 11.2. The van der Waals surface area contributed by atoms with Crippen LogP contribution in [0.15, 0.2) is 23.6 Å². The molecule has 0 atom stereocenters. The Morgan fingerprint density at radius 1 is 1.52 bits per heavy atom. The van der Waals surface area contributed by atoms with E-state index in [9.17, 15) is 9.59 Å². The number of nitrogens with zero attached hydrogens (tertiary/aromatic N) is 2. The SMILES string of the molecule is CCN1C(=O)COc2ccc(-c3csc(C(=O)O)n3)cc21. The number of hydrogen-bond donors (Lipinski definition) is 1. The first kappa shape index (κ1) is 13.6. The molecule has 0 bridgehead atoms. The maximum atomic E-state index is 11.8. The summed E-state index contributed by atoms with van der Waals surface area (Å²) in [5.74, 6) is -0.488. The van der Waals surface area contributed by atoms with Gasteiger partial charge in [-0.2, -0.15) is 0 Å². The van der Waals surface area contributed by atoms with E-state index in [0.29, 0.717) is 23.7 Å². The predicted molar refractivity (Wildman–Crippen MR) is 78.0 cm³/mol. The monoisotopic (exact) mass is 304 g/mol. The highest BCUT2D eigenvalue weighted by Crippen LogP contribution is 2.36. The van der Waals surface area contributed by atoms with Gasteiger partial charge in [0.1, 0.15) is 5.75 Å². The van der Waals surface area contributed by atoms with Crippen molar-refractivity contribution >= 4 is 28.9 Å². The molecule has 7 heteroatoms. The fourth-order valence-electron chi connectivity index (χ4n) is 2.21. The minimum atomic E-state index is -1.04. The Hall–Kier alpha value is -2.41. The van der Waals surface area contributed by atoms with Crippen molar-refractivity contribution in [1.29, 1.82) is 0 Å². The highest BCUT2D eigenvalue weighted by Gasteiger charge is 2.24. The van der Waals surface area contributed by atoms with Gasteiger partial charge in [0.15, 0.2) is 6.61 Å². The van der Waals surface area contributed by atoms with Crippen molar-refractivity contribution in [3.8, 4) is 17.0 Å². The van der Waals surface area contributed by atoms with E-state index in [4.69, 9.17) is 9.84 Å². The van der Waals surface area contributed by atoms with Crippen molar-refractivity contribution in [2.45, 2.75) is 6.92 Å². The van der Waals surface area contributed by atoms with E-state index in [1.165, 1.54) is 0 Å². The predicted octanol–water partition coefficient (Wildman–Crippen LogP) is 2.25. The van der Waals surface area contributed by atoms with E-state index < -0.39 is 5.97 Å². The Morgan fingerprint density at radius 3 is 3.00 bits per heavy atom. The van der Waals surface area contributed by atoms with Gasteiger partial charge in [-0.1, -0.05) is 0 Å². The van der Waals surface area contributed by atoms with Crippen molar-refractivity contribution in [3.05, 3.63) is 28.6 Å². The van der Waals surface area contributed by atoms with Crippen molar-refractivity contribution in [2.24, 2.45) is 0 Å². The number of fused-ring (bicyclic) bond motifs is 1. The quantitative estimate of drug-likeness (QED) is 0.940. The van der Waals surface area contributed by atoms with Crippen LogP contribution in [-0.2, 0) is 4.79 Å². The first-order valence-electron chi connectivity index (χ1n) is 6.36. The summed E-state index contributed by atoms with van der Waals surface area (Å²) < 4.78 is 5.40. The summed E-state index contributed by atoms with van der Waals surface area (Å²) in [6.07, 6.45) is 0. The molecule has 1 aromatic carbocycles. The highest BCUT2D eigenvalue weighted by molar-refractivity contribution is 7.11. The summed E-state index contributed by atoms with van der Waals surface area (Å²) >= 11 is 1.07. The molecule has 1 aliphatic heterocycles. The molecule has 1 N–H and O–H groups in total. The molecule has 0 aliphatic carbocycles. The molecule has 0 fully saturated rings. The number of hydrogen-bond acceptors (Lipinski definition) is 5. The van der Waals surface area contributed by atoms with Gasteiger partial charge in [-0.05, 0) is 25.1 Å². The first-order valence-corrected chi connectivity index (χ1v) is 7.24. The van der Waals surface area contributed by atoms with E-state index in [0.717, 1.165) is 16.9 Å². The molecule has 6 nitrogen and oxygen atoms in total. The number of likely N-dealkylation sites (N-methyl/N-ethyl adjacent to an activating group) is 1. The van der Waals surface area contributed by atoms with E-state index in [2.05, 4.69) is 4.98 Å². The number of amides is 1. The van der Waals surface area contributed by atoms with Crippen LogP contribution in [0.4, 0.5) is 5.69 Å². The lowest BCUT2D eigenvalue weighted by atomic mass is 10.1. The van der Waals surface area contributed by atoms with Crippen LogP contribution in [0, 0.1) is 0 Å². The molecular weight excluding hydrogens is 292 g/mol. The largest absolute Gasteiger partial charge is 0.482 e. The fraction of sp³-hybridized carbons (Fsp3) is 0.214. The number of anilines is 1. The summed E-state index contributed by atoms with van der Waals surface area (Å²) in [4.78, 5) is 28.5. The molecule has 21 heavy (non-hydrogen) atoms. The molecular formula is C14H12N2O4S. The summed E-state index contributed by atoms with van der Waals surface area (Å²) in [5.41, 5.74) is 2.03. The molecule has 1 aliphatic rings. The topological polar surface area (TPSA) is 79.7 Å². The first-order chi connectivity index (χ1) is 10.1. The molecule has 1 amide bonds. The summed E-state index contributed by atoms with van der Waals surface area (Å²) in [6.45, 7) is 2.49. The van der Waals surface area contributed by atoms with Crippen LogP contribution in [-0.4, -0.2) is 35.1 Å². The van der Waals surface area contributed by atoms with Gasteiger partial charge in [-0.15, -0.1) is 11.3 Å². The third-order valence-electron chi connectivity index (χ3n) is 3.20. The number of rotatable bonds is 3. The van der Waals surface area contributed by atoms with Crippen LogP contribution in [0.2, 0.25) is 0 Å². The summed E-state index contributed by atoms with van der Waals surface area (Å²) in [7, 11) is 0. The van der Waals surface area contributed by atoms with Gasteiger partial charge < -0.3 is 14.7 Å². The number of carbonyl (C=O) groups is 2. The van der Waals surface area contributed by atoms with E-state index in [-0.39, 0.29) is 17.5 Å². The Labute approximate surface area is 124 Å². The Morgan fingerprint density at radius 2 is 2.33 bits per heavy atom. The van der Waals surface area contributed by atoms with Crippen molar-refractivity contribution < 1.29 is 19.4 Å². The smallest absolute Gasteiger partial charge is 0.365 e. The number of ether oxygens (including phenoxy) is 1. The lowest BCUT2D eigenvalue weighted by Gasteiger charge is -2.28. The normalized spacial score (nSPS) is 13.8. The van der Waals surface area contributed by atoms with E-state index >= 15 is 0 Å². The molecule has 2 heterocycles. The average Bonchev–Trinajstić information content (AvgIpc) is 2.96. The van der Waals surface area contributed by atoms with Gasteiger partial charge >= 0.3 is 5.97 Å². The van der Waals surface area contributed by atoms with Crippen LogP contribution < -0.4 is 9.64 Å². The van der Waals surface area contributed by atoms with Gasteiger partial charge in [-0.3, -0.25) is 4.79 Å². The standard InChI is InChI=1S/C14H12N2O4S/c1-2-16-10-5-8(3-4-11(10)20-6-12(16)17)9-7-21-13(15-9)14(18)19/h3-5,7H,2,6H2,1H3,(H,18,19). The second-order valence-electron chi connectivity index (χ2n) is 4.45. The zero-order valence-corrected chi connectivity index (χ0v) is 12.0. The lowest BCUT2D eigenvalue weighted by molar-refractivity contribution is -0.121. The molecule has 0 unspecified atom stereocenters. The number of carboxylic acid groups (broad SMARTS) is 1. The van der Waals surface area contributed by atoms with Crippen molar-refractivity contribution in [1.82, 2.24) is 4.98 Å². The van der Waals surface area contributed by atoms with Crippen LogP contribution >= 0.6 is 11.3 Å². The Bertz CT molecular complexity index is 726. The molecule has 0 radical (unpaired) electrons. The lowest BCUT2D eigenvalue weighted by Crippen LogP contribution is -2.38. The van der Waals surface area contributed by atoms with Gasteiger partial charge in [0.2, 0.25) is 5.01 Å². The molecule has 108 valence electrons. The number of carboxylic acids is 1. The fourth-order valence-corrected chi connectivity index (χ4v) is 2.88. The maximum Gasteiger partial charge on any atom is 0.365 e. The summed E-state index contributed by atoms with van der Waals surface area (Å²) in [5, 5.41) is 10.7. The average molecular weight is 304 g/mol. The second kappa shape index (κ2) is 5.17. The van der Waals surface area contributed by atoms with Crippen molar-refractivity contribution in [3.63, 3.8) is 0 Å².